The number of aryl methyl sites for hydroxylation is 1. The Balaban J connectivity index is 1.60. The van der Waals surface area contributed by atoms with Crippen molar-refractivity contribution in [1.29, 1.82) is 5.26 Å². The number of pyridine rings is 1. The van der Waals surface area contributed by atoms with Gasteiger partial charge in [-0.15, -0.1) is 0 Å². The first kappa shape index (κ1) is 19.0. The van der Waals surface area contributed by atoms with Gasteiger partial charge in [-0.1, -0.05) is 6.92 Å². The Morgan fingerprint density at radius 3 is 2.72 bits per heavy atom. The third-order valence-electron chi connectivity index (χ3n) is 4.97. The Kier molecular flexibility index (Phi) is 5.22. The molecule has 0 aliphatic carbocycles. The number of anilines is 2. The highest BCUT2D eigenvalue weighted by atomic mass is 32.1. The molecule has 0 amide bonds. The van der Waals surface area contributed by atoms with Crippen LogP contribution in [0.1, 0.15) is 24.7 Å². The van der Waals surface area contributed by atoms with Gasteiger partial charge in [-0.25, -0.2) is 9.97 Å². The van der Waals surface area contributed by atoms with Crippen molar-refractivity contribution >= 4 is 39.1 Å². The van der Waals surface area contributed by atoms with Crippen molar-refractivity contribution in [3.63, 3.8) is 0 Å². The Labute approximate surface area is 171 Å². The van der Waals surface area contributed by atoms with E-state index in [-0.39, 0.29) is 5.69 Å². The largest absolute Gasteiger partial charge is 0.355 e. The number of hydrogen-bond acceptors (Lipinski definition) is 9. The van der Waals surface area contributed by atoms with Gasteiger partial charge in [0.15, 0.2) is 0 Å². The summed E-state index contributed by atoms with van der Waals surface area (Å²) in [7, 11) is 0. The van der Waals surface area contributed by atoms with Crippen molar-refractivity contribution < 1.29 is 4.92 Å². The zero-order valence-corrected chi connectivity index (χ0v) is 16.7. The predicted octanol–water partition coefficient (Wildman–Crippen LogP) is 3.15. The first-order valence-electron chi connectivity index (χ1n) is 9.41. The molecule has 148 valence electrons. The highest BCUT2D eigenvalue weighted by Crippen LogP contribution is 2.27. The van der Waals surface area contributed by atoms with Crippen LogP contribution in [0.4, 0.5) is 16.6 Å². The molecule has 0 N–H and O–H groups in total. The Morgan fingerprint density at radius 2 is 2.00 bits per heavy atom. The van der Waals surface area contributed by atoms with Crippen LogP contribution < -0.4 is 9.80 Å². The molecule has 1 aromatic carbocycles. The second-order valence-electron chi connectivity index (χ2n) is 6.77. The van der Waals surface area contributed by atoms with Crippen LogP contribution in [0.15, 0.2) is 24.3 Å². The zero-order chi connectivity index (χ0) is 20.4. The molecule has 3 heterocycles. The predicted molar refractivity (Wildman–Crippen MR) is 111 cm³/mol. The molecule has 3 aromatic rings. The number of rotatable bonds is 4. The van der Waals surface area contributed by atoms with Crippen LogP contribution in [0.5, 0.6) is 0 Å². The quantitative estimate of drug-likeness (QED) is 0.477. The fourth-order valence-corrected chi connectivity index (χ4v) is 4.22. The average Bonchev–Trinajstić information content (AvgIpc) is 3.09. The summed E-state index contributed by atoms with van der Waals surface area (Å²) in [5.74, 6) is 1.59. The maximum atomic E-state index is 11.0. The summed E-state index contributed by atoms with van der Waals surface area (Å²) in [5, 5.41) is 22.1. The van der Waals surface area contributed by atoms with Crippen molar-refractivity contribution in [1.82, 2.24) is 14.3 Å². The van der Waals surface area contributed by atoms with E-state index in [2.05, 4.69) is 30.2 Å². The molecular weight excluding hydrogens is 390 g/mol. The summed E-state index contributed by atoms with van der Waals surface area (Å²) < 4.78 is 4.37. The summed E-state index contributed by atoms with van der Waals surface area (Å²) in [4.78, 5) is 24.2. The van der Waals surface area contributed by atoms with Crippen LogP contribution >= 0.6 is 11.5 Å². The first-order chi connectivity index (χ1) is 14.1. The standard InChI is InChI=1S/C19H19N7O2S/c1-2-17-22-19(29-23-17)25-7-3-6-24(8-9-25)18-10-13(12-20)15-11-14(26(27)28)4-5-16(15)21-18/h4-5,10-11H,2-3,6-9H2,1H3. The fourth-order valence-electron chi connectivity index (χ4n) is 3.42. The van der Waals surface area contributed by atoms with E-state index in [0.29, 0.717) is 16.5 Å². The number of nitrogens with zero attached hydrogens (tertiary/aromatic N) is 7. The van der Waals surface area contributed by atoms with Crippen LogP contribution in [0, 0.1) is 21.4 Å². The lowest BCUT2D eigenvalue weighted by molar-refractivity contribution is -0.384. The van der Waals surface area contributed by atoms with Gasteiger partial charge in [0, 0.05) is 61.7 Å². The van der Waals surface area contributed by atoms with Crippen molar-refractivity contribution in [3.8, 4) is 6.07 Å². The lowest BCUT2D eigenvalue weighted by atomic mass is 10.1. The average molecular weight is 409 g/mol. The molecule has 0 atom stereocenters. The van der Waals surface area contributed by atoms with E-state index in [9.17, 15) is 15.4 Å². The van der Waals surface area contributed by atoms with Gasteiger partial charge < -0.3 is 9.80 Å². The smallest absolute Gasteiger partial charge is 0.270 e. The molecule has 10 heteroatoms. The van der Waals surface area contributed by atoms with E-state index in [1.54, 1.807) is 12.1 Å². The minimum atomic E-state index is -0.463. The highest BCUT2D eigenvalue weighted by Gasteiger charge is 2.20. The maximum absolute atomic E-state index is 11.0. The molecule has 9 nitrogen and oxygen atoms in total. The van der Waals surface area contributed by atoms with E-state index in [1.807, 2.05) is 6.92 Å². The molecule has 2 aromatic heterocycles. The summed E-state index contributed by atoms with van der Waals surface area (Å²) in [5.41, 5.74) is 0.937. The molecule has 0 unspecified atom stereocenters. The first-order valence-corrected chi connectivity index (χ1v) is 10.2. The van der Waals surface area contributed by atoms with Crippen molar-refractivity contribution in [2.45, 2.75) is 19.8 Å². The van der Waals surface area contributed by atoms with Crippen LogP contribution in [0.25, 0.3) is 10.9 Å². The minimum absolute atomic E-state index is 0.0440. The second-order valence-corrected chi connectivity index (χ2v) is 7.50. The van der Waals surface area contributed by atoms with E-state index in [1.165, 1.54) is 23.7 Å². The molecule has 4 rings (SSSR count). The van der Waals surface area contributed by atoms with Crippen molar-refractivity contribution in [3.05, 3.63) is 45.8 Å². The Morgan fingerprint density at radius 1 is 1.21 bits per heavy atom. The molecule has 0 spiro atoms. The maximum Gasteiger partial charge on any atom is 0.270 e. The van der Waals surface area contributed by atoms with E-state index >= 15 is 0 Å². The third-order valence-corrected chi connectivity index (χ3v) is 5.79. The Hall–Kier alpha value is -3.32. The molecule has 1 aliphatic rings. The second kappa shape index (κ2) is 7.97. The zero-order valence-electron chi connectivity index (χ0n) is 15.9. The van der Waals surface area contributed by atoms with Gasteiger partial charge in [-0.05, 0) is 18.6 Å². The van der Waals surface area contributed by atoms with E-state index < -0.39 is 4.92 Å². The Bertz CT molecular complexity index is 1110. The summed E-state index contributed by atoms with van der Waals surface area (Å²) in [6.07, 6.45) is 1.76. The summed E-state index contributed by atoms with van der Waals surface area (Å²) >= 11 is 1.43. The van der Waals surface area contributed by atoms with Gasteiger partial charge in [-0.2, -0.15) is 9.64 Å². The van der Waals surface area contributed by atoms with Gasteiger partial charge in [0.25, 0.3) is 5.69 Å². The normalized spacial score (nSPS) is 14.6. The lowest BCUT2D eigenvalue weighted by Crippen LogP contribution is -2.31. The number of non-ortho nitro benzene ring substituents is 1. The van der Waals surface area contributed by atoms with Crippen LogP contribution in [-0.4, -0.2) is 45.4 Å². The molecular formula is C19H19N7O2S. The van der Waals surface area contributed by atoms with Crippen LogP contribution in [0.3, 0.4) is 0 Å². The highest BCUT2D eigenvalue weighted by molar-refractivity contribution is 7.09. The molecule has 1 fully saturated rings. The SMILES string of the molecule is CCc1nsc(N2CCCN(c3cc(C#N)c4cc([N+](=O)[O-])ccc4n3)CC2)n1. The monoisotopic (exact) mass is 409 g/mol. The molecule has 29 heavy (non-hydrogen) atoms. The van der Waals surface area contributed by atoms with Crippen molar-refractivity contribution in [2.75, 3.05) is 36.0 Å². The molecule has 0 saturated carbocycles. The number of nitro benzene ring substituents is 1. The number of aromatic nitrogens is 3. The number of nitro groups is 1. The van der Waals surface area contributed by atoms with Crippen LogP contribution in [-0.2, 0) is 6.42 Å². The number of nitriles is 1. The number of benzene rings is 1. The summed E-state index contributed by atoms with van der Waals surface area (Å²) in [6.45, 7) is 5.28. The number of hydrogen-bond donors (Lipinski definition) is 0. The van der Waals surface area contributed by atoms with Crippen molar-refractivity contribution in [2.24, 2.45) is 0 Å². The third kappa shape index (κ3) is 3.82. The van der Waals surface area contributed by atoms with Gasteiger partial charge in [0.05, 0.1) is 22.1 Å². The van der Waals surface area contributed by atoms with E-state index in [4.69, 9.17) is 0 Å². The van der Waals surface area contributed by atoms with Gasteiger partial charge in [0.1, 0.15) is 11.6 Å². The molecule has 1 saturated heterocycles. The molecule has 1 aliphatic heterocycles. The van der Waals surface area contributed by atoms with Gasteiger partial charge in [0.2, 0.25) is 5.13 Å². The fraction of sp³-hybridized carbons (Fsp3) is 0.368. The van der Waals surface area contributed by atoms with Gasteiger partial charge in [-0.3, -0.25) is 10.1 Å². The summed E-state index contributed by atoms with van der Waals surface area (Å²) in [6, 6.07) is 8.32. The molecule has 0 bridgehead atoms. The van der Waals surface area contributed by atoms with E-state index in [0.717, 1.165) is 55.8 Å². The number of fused-ring (bicyclic) bond motifs is 1. The topological polar surface area (TPSA) is 112 Å². The lowest BCUT2D eigenvalue weighted by Gasteiger charge is -2.23. The van der Waals surface area contributed by atoms with Gasteiger partial charge >= 0.3 is 0 Å². The van der Waals surface area contributed by atoms with Crippen LogP contribution in [0.2, 0.25) is 0 Å². The molecule has 0 radical (unpaired) electrons. The minimum Gasteiger partial charge on any atom is -0.355 e.